The van der Waals surface area contributed by atoms with E-state index in [1.165, 1.54) is 22.7 Å². The molecule has 0 saturated heterocycles. The van der Waals surface area contributed by atoms with Gasteiger partial charge in [0, 0.05) is 18.3 Å². The Morgan fingerprint density at radius 3 is 3.08 bits per heavy atom. The van der Waals surface area contributed by atoms with E-state index in [0.29, 0.717) is 5.65 Å². The standard InChI is InChI=1S/C7H5N3O3/c11-4-1-2-10-5(3-4)8-9-6(10)7(12)13/h1-3,8H,(H,12,13). The molecule has 2 N–H and O–H groups in total. The number of hydrogen-bond acceptors (Lipinski definition) is 3. The highest BCUT2D eigenvalue weighted by atomic mass is 16.4. The van der Waals surface area contributed by atoms with Crippen molar-refractivity contribution in [1.29, 1.82) is 0 Å². The van der Waals surface area contributed by atoms with E-state index in [1.54, 1.807) is 0 Å². The van der Waals surface area contributed by atoms with E-state index in [0.717, 1.165) is 0 Å². The van der Waals surface area contributed by atoms with E-state index in [1.807, 2.05) is 0 Å². The SMILES string of the molecule is O=C(O)c1n[nH]c2cc(=O)ccn12. The summed E-state index contributed by atoms with van der Waals surface area (Å²) < 4.78 is 1.30. The summed E-state index contributed by atoms with van der Waals surface area (Å²) in [4.78, 5) is 21.4. The van der Waals surface area contributed by atoms with Crippen molar-refractivity contribution < 1.29 is 9.90 Å². The van der Waals surface area contributed by atoms with E-state index in [2.05, 4.69) is 10.2 Å². The van der Waals surface area contributed by atoms with Crippen LogP contribution in [-0.4, -0.2) is 25.7 Å². The monoisotopic (exact) mass is 179 g/mol. The number of pyridine rings is 1. The summed E-state index contributed by atoms with van der Waals surface area (Å²) in [6.45, 7) is 0. The Labute approximate surface area is 71.4 Å². The quantitative estimate of drug-likeness (QED) is 0.630. The molecule has 0 unspecified atom stereocenters. The largest absolute Gasteiger partial charge is 0.475 e. The first kappa shape index (κ1) is 7.53. The first-order chi connectivity index (χ1) is 6.18. The average Bonchev–Trinajstić information content (AvgIpc) is 2.46. The van der Waals surface area contributed by atoms with Crippen LogP contribution in [0.15, 0.2) is 23.1 Å². The van der Waals surface area contributed by atoms with Crippen molar-refractivity contribution in [3.8, 4) is 0 Å². The maximum absolute atomic E-state index is 10.9. The van der Waals surface area contributed by atoms with Gasteiger partial charge in [0.15, 0.2) is 5.43 Å². The zero-order chi connectivity index (χ0) is 9.42. The molecule has 0 aromatic carbocycles. The zero-order valence-electron chi connectivity index (χ0n) is 6.39. The second kappa shape index (κ2) is 2.44. The first-order valence-electron chi connectivity index (χ1n) is 3.48. The lowest BCUT2D eigenvalue weighted by Gasteiger charge is -1.91. The van der Waals surface area contributed by atoms with Crippen molar-refractivity contribution in [3.05, 3.63) is 34.4 Å². The summed E-state index contributed by atoms with van der Waals surface area (Å²) in [5.41, 5.74) is 0.172. The third kappa shape index (κ3) is 1.08. The highest BCUT2D eigenvalue weighted by Crippen LogP contribution is 1.99. The molecule has 0 bridgehead atoms. The molecule has 0 aliphatic carbocycles. The van der Waals surface area contributed by atoms with Gasteiger partial charge in [-0.2, -0.15) is 0 Å². The van der Waals surface area contributed by atoms with Gasteiger partial charge in [0.05, 0.1) is 0 Å². The number of carboxylic acids is 1. The van der Waals surface area contributed by atoms with Crippen LogP contribution in [0.25, 0.3) is 5.65 Å². The Morgan fingerprint density at radius 1 is 1.62 bits per heavy atom. The van der Waals surface area contributed by atoms with E-state index in [-0.39, 0.29) is 11.3 Å². The van der Waals surface area contributed by atoms with Gasteiger partial charge in [-0.25, -0.2) is 4.79 Å². The second-order valence-electron chi connectivity index (χ2n) is 2.47. The molecule has 2 heterocycles. The second-order valence-corrected chi connectivity index (χ2v) is 2.47. The first-order valence-corrected chi connectivity index (χ1v) is 3.48. The Balaban J connectivity index is 2.83. The lowest BCUT2D eigenvalue weighted by Crippen LogP contribution is -2.05. The molecule has 0 saturated carbocycles. The van der Waals surface area contributed by atoms with Crippen molar-refractivity contribution in [3.63, 3.8) is 0 Å². The molecule has 0 fully saturated rings. The molecule has 0 aliphatic heterocycles. The Bertz CT molecular complexity index is 525. The highest BCUT2D eigenvalue weighted by molar-refractivity contribution is 5.84. The van der Waals surface area contributed by atoms with Crippen LogP contribution in [0, 0.1) is 0 Å². The molecule has 0 spiro atoms. The lowest BCUT2D eigenvalue weighted by molar-refractivity contribution is 0.0682. The van der Waals surface area contributed by atoms with Gasteiger partial charge in [-0.05, 0) is 0 Å². The van der Waals surface area contributed by atoms with Crippen molar-refractivity contribution in [2.75, 3.05) is 0 Å². The number of rotatable bonds is 1. The van der Waals surface area contributed by atoms with Gasteiger partial charge < -0.3 is 5.11 Å². The van der Waals surface area contributed by atoms with Crippen molar-refractivity contribution >= 4 is 11.6 Å². The van der Waals surface area contributed by atoms with Crippen LogP contribution in [0.3, 0.4) is 0 Å². The van der Waals surface area contributed by atoms with Crippen LogP contribution in [0.4, 0.5) is 0 Å². The number of H-pyrrole nitrogens is 1. The summed E-state index contributed by atoms with van der Waals surface area (Å²) in [5.74, 6) is -1.29. The number of aromatic carboxylic acids is 1. The topological polar surface area (TPSA) is 87.5 Å². The summed E-state index contributed by atoms with van der Waals surface area (Å²) in [6.07, 6.45) is 1.37. The third-order valence-corrected chi connectivity index (χ3v) is 1.62. The Kier molecular flexibility index (Phi) is 1.42. The number of fused-ring (bicyclic) bond motifs is 1. The highest BCUT2D eigenvalue weighted by Gasteiger charge is 2.10. The molecule has 13 heavy (non-hydrogen) atoms. The van der Waals surface area contributed by atoms with Gasteiger partial charge in [0.25, 0.3) is 0 Å². The molecular formula is C7H5N3O3. The smallest absolute Gasteiger partial charge is 0.374 e. The van der Waals surface area contributed by atoms with Gasteiger partial charge in [-0.1, -0.05) is 0 Å². The van der Waals surface area contributed by atoms with E-state index in [4.69, 9.17) is 5.11 Å². The Morgan fingerprint density at radius 2 is 2.38 bits per heavy atom. The zero-order valence-corrected chi connectivity index (χ0v) is 6.39. The predicted octanol–water partition coefficient (Wildman–Crippen LogP) is -0.279. The van der Waals surface area contributed by atoms with Crippen LogP contribution >= 0.6 is 0 Å². The summed E-state index contributed by atoms with van der Waals surface area (Å²) in [7, 11) is 0. The number of aromatic nitrogens is 3. The van der Waals surface area contributed by atoms with E-state index in [9.17, 15) is 9.59 Å². The summed E-state index contributed by atoms with van der Waals surface area (Å²) in [6, 6.07) is 2.55. The predicted molar refractivity (Wildman–Crippen MR) is 42.8 cm³/mol. The molecule has 2 aromatic rings. The van der Waals surface area contributed by atoms with Gasteiger partial charge in [-0.15, -0.1) is 5.10 Å². The number of carboxylic acid groups (broad SMARTS) is 1. The molecule has 0 aliphatic rings. The molecule has 6 heteroatoms. The molecule has 6 nitrogen and oxygen atoms in total. The maximum Gasteiger partial charge on any atom is 0.374 e. The minimum absolute atomic E-state index is 0.144. The van der Waals surface area contributed by atoms with Gasteiger partial charge in [0.1, 0.15) is 5.65 Å². The van der Waals surface area contributed by atoms with Crippen LogP contribution in [0.1, 0.15) is 10.6 Å². The summed E-state index contributed by atoms with van der Waals surface area (Å²) >= 11 is 0. The summed E-state index contributed by atoms with van der Waals surface area (Å²) in [5, 5.41) is 14.6. The number of carbonyl (C=O) groups is 1. The average molecular weight is 179 g/mol. The molecular weight excluding hydrogens is 174 g/mol. The lowest BCUT2D eigenvalue weighted by atomic mass is 10.4. The van der Waals surface area contributed by atoms with Crippen molar-refractivity contribution in [2.24, 2.45) is 0 Å². The van der Waals surface area contributed by atoms with Crippen LogP contribution < -0.4 is 5.43 Å². The number of nitrogens with zero attached hydrogens (tertiary/aromatic N) is 2. The fraction of sp³-hybridized carbons (Fsp3) is 0. The van der Waals surface area contributed by atoms with E-state index < -0.39 is 5.97 Å². The minimum Gasteiger partial charge on any atom is -0.475 e. The molecule has 2 aromatic heterocycles. The molecule has 66 valence electrons. The third-order valence-electron chi connectivity index (χ3n) is 1.62. The fourth-order valence-corrected chi connectivity index (χ4v) is 1.07. The normalized spacial score (nSPS) is 10.5. The molecule has 0 amide bonds. The van der Waals surface area contributed by atoms with Gasteiger partial charge >= 0.3 is 5.97 Å². The molecule has 2 rings (SSSR count). The number of aromatic amines is 1. The van der Waals surface area contributed by atoms with Crippen molar-refractivity contribution in [2.45, 2.75) is 0 Å². The number of nitrogens with one attached hydrogen (secondary N) is 1. The minimum atomic E-state index is -1.14. The fourth-order valence-electron chi connectivity index (χ4n) is 1.07. The Hall–Kier alpha value is -2.11. The van der Waals surface area contributed by atoms with E-state index >= 15 is 0 Å². The molecule has 0 atom stereocenters. The van der Waals surface area contributed by atoms with Crippen LogP contribution in [-0.2, 0) is 0 Å². The van der Waals surface area contributed by atoms with Crippen molar-refractivity contribution in [1.82, 2.24) is 14.6 Å². The number of hydrogen-bond donors (Lipinski definition) is 2. The van der Waals surface area contributed by atoms with Gasteiger partial charge in [0.2, 0.25) is 5.82 Å². The van der Waals surface area contributed by atoms with Crippen LogP contribution in [0.5, 0.6) is 0 Å². The molecule has 0 radical (unpaired) electrons. The van der Waals surface area contributed by atoms with Gasteiger partial charge in [-0.3, -0.25) is 14.3 Å². The maximum atomic E-state index is 10.9. The van der Waals surface area contributed by atoms with Crippen LogP contribution in [0.2, 0.25) is 0 Å².